The molecule has 1 atom stereocenters. The third-order valence-corrected chi connectivity index (χ3v) is 2.60. The number of anilines is 1. The van der Waals surface area contributed by atoms with Crippen molar-refractivity contribution in [2.45, 2.75) is 12.8 Å². The van der Waals surface area contributed by atoms with Crippen LogP contribution in [0.15, 0.2) is 18.2 Å². The maximum Gasteiger partial charge on any atom is 0.323 e. The molecule has 5 heteroatoms. The van der Waals surface area contributed by atoms with E-state index >= 15 is 0 Å². The number of ether oxygens (including phenoxy) is 1. The summed E-state index contributed by atoms with van der Waals surface area (Å²) in [6.07, 6.45) is 0. The van der Waals surface area contributed by atoms with E-state index in [1.165, 1.54) is 0 Å². The van der Waals surface area contributed by atoms with Crippen molar-refractivity contribution in [3.63, 3.8) is 0 Å². The Hall–Kier alpha value is -1.55. The van der Waals surface area contributed by atoms with Crippen LogP contribution < -0.4 is 5.32 Å². The van der Waals surface area contributed by atoms with Gasteiger partial charge in [-0.3, -0.25) is 9.59 Å². The summed E-state index contributed by atoms with van der Waals surface area (Å²) in [5.41, 5.74) is 1.20. The van der Waals surface area contributed by atoms with Gasteiger partial charge in [-0.1, -0.05) is 17.7 Å². The molecule has 1 aromatic rings. The summed E-state index contributed by atoms with van der Waals surface area (Å²) >= 11 is 5.79. The maximum atomic E-state index is 11.6. The van der Waals surface area contributed by atoms with Crippen molar-refractivity contribution >= 4 is 29.2 Å². The largest absolute Gasteiger partial charge is 0.465 e. The van der Waals surface area contributed by atoms with Crippen LogP contribution in [0.4, 0.5) is 5.69 Å². The summed E-state index contributed by atoms with van der Waals surface area (Å²) in [6, 6.07) is 4.93. The zero-order chi connectivity index (χ0) is 11.7. The van der Waals surface area contributed by atoms with E-state index in [2.05, 4.69) is 5.32 Å². The predicted molar refractivity (Wildman–Crippen MR) is 59.5 cm³/mol. The molecule has 2 rings (SSSR count). The molecule has 0 unspecified atom stereocenters. The van der Waals surface area contributed by atoms with E-state index in [0.29, 0.717) is 16.3 Å². The molecule has 1 amide bonds. The van der Waals surface area contributed by atoms with Crippen LogP contribution in [0.3, 0.4) is 0 Å². The quantitative estimate of drug-likeness (QED) is 0.634. The van der Waals surface area contributed by atoms with E-state index in [1.54, 1.807) is 25.1 Å². The molecular formula is C11H10ClNO3. The number of rotatable bonds is 2. The molecule has 0 spiro atoms. The Labute approximate surface area is 97.5 Å². The van der Waals surface area contributed by atoms with E-state index in [4.69, 9.17) is 16.3 Å². The van der Waals surface area contributed by atoms with Crippen LogP contribution in [0.25, 0.3) is 0 Å². The van der Waals surface area contributed by atoms with Crippen molar-refractivity contribution in [1.29, 1.82) is 0 Å². The highest BCUT2D eigenvalue weighted by Crippen LogP contribution is 2.34. The third kappa shape index (κ3) is 1.76. The first-order valence-corrected chi connectivity index (χ1v) is 5.28. The highest BCUT2D eigenvalue weighted by atomic mass is 35.5. The number of carbonyl (C=O) groups excluding carboxylic acids is 2. The molecule has 1 aliphatic heterocycles. The maximum absolute atomic E-state index is 11.6. The van der Waals surface area contributed by atoms with Gasteiger partial charge in [0.05, 0.1) is 6.61 Å². The zero-order valence-electron chi connectivity index (χ0n) is 8.62. The number of carbonyl (C=O) groups is 2. The Kier molecular flexibility index (Phi) is 2.83. The Balaban J connectivity index is 2.36. The number of esters is 1. The topological polar surface area (TPSA) is 55.4 Å². The Morgan fingerprint density at radius 2 is 2.31 bits per heavy atom. The fourth-order valence-electron chi connectivity index (χ4n) is 1.69. The normalized spacial score (nSPS) is 17.9. The molecule has 0 aliphatic carbocycles. The van der Waals surface area contributed by atoms with Crippen molar-refractivity contribution < 1.29 is 14.3 Å². The van der Waals surface area contributed by atoms with E-state index < -0.39 is 11.9 Å². The van der Waals surface area contributed by atoms with Crippen molar-refractivity contribution in [3.8, 4) is 0 Å². The van der Waals surface area contributed by atoms with Gasteiger partial charge in [0.1, 0.15) is 0 Å². The highest BCUT2D eigenvalue weighted by Gasteiger charge is 2.37. The smallest absolute Gasteiger partial charge is 0.323 e. The summed E-state index contributed by atoms with van der Waals surface area (Å²) in [7, 11) is 0. The highest BCUT2D eigenvalue weighted by molar-refractivity contribution is 6.31. The molecule has 0 bridgehead atoms. The van der Waals surface area contributed by atoms with Gasteiger partial charge in [-0.15, -0.1) is 0 Å². The fourth-order valence-corrected chi connectivity index (χ4v) is 1.87. The lowest BCUT2D eigenvalue weighted by atomic mass is 10.0. The molecule has 0 aromatic heterocycles. The van der Waals surface area contributed by atoms with Crippen molar-refractivity contribution in [3.05, 3.63) is 28.8 Å². The van der Waals surface area contributed by atoms with Crippen molar-refractivity contribution in [1.82, 2.24) is 0 Å². The predicted octanol–water partition coefficient (Wildman–Crippen LogP) is 1.94. The van der Waals surface area contributed by atoms with Crippen molar-refractivity contribution in [2.75, 3.05) is 11.9 Å². The third-order valence-electron chi connectivity index (χ3n) is 2.37. The minimum absolute atomic E-state index is 0.255. The molecule has 0 saturated heterocycles. The minimum atomic E-state index is -0.868. The molecule has 0 saturated carbocycles. The van der Waals surface area contributed by atoms with Crippen LogP contribution in [-0.4, -0.2) is 18.5 Å². The zero-order valence-corrected chi connectivity index (χ0v) is 9.38. The van der Waals surface area contributed by atoms with Gasteiger partial charge in [0.25, 0.3) is 0 Å². The number of nitrogens with one attached hydrogen (secondary N) is 1. The van der Waals surface area contributed by atoms with Crippen LogP contribution in [0, 0.1) is 0 Å². The summed E-state index contributed by atoms with van der Waals surface area (Å²) < 4.78 is 4.85. The number of halogens is 1. The molecule has 0 fully saturated rings. The second-order valence-corrected chi connectivity index (χ2v) is 3.84. The fraction of sp³-hybridized carbons (Fsp3) is 0.273. The SMILES string of the molecule is CCOC(=O)[C@H]1C(=O)Nc2cc(Cl)ccc21. The standard InChI is InChI=1S/C11H10ClNO3/c1-2-16-11(15)9-7-4-3-6(12)5-8(7)13-10(9)14/h3-5,9H,2H2,1H3,(H,13,14)/t9-/m1/s1. The second kappa shape index (κ2) is 4.14. The van der Waals surface area contributed by atoms with E-state index in [1.807, 2.05) is 0 Å². The number of fused-ring (bicyclic) bond motifs is 1. The summed E-state index contributed by atoms with van der Waals surface area (Å²) in [5.74, 6) is -1.76. The summed E-state index contributed by atoms with van der Waals surface area (Å²) in [6.45, 7) is 1.96. The van der Waals surface area contributed by atoms with Gasteiger partial charge in [-0.2, -0.15) is 0 Å². The first-order chi connectivity index (χ1) is 7.63. The van der Waals surface area contributed by atoms with Gasteiger partial charge in [0.2, 0.25) is 5.91 Å². The second-order valence-electron chi connectivity index (χ2n) is 3.41. The van der Waals surface area contributed by atoms with Gasteiger partial charge in [-0.05, 0) is 24.6 Å². The van der Waals surface area contributed by atoms with Crippen LogP contribution in [-0.2, 0) is 14.3 Å². The first kappa shape index (κ1) is 11.0. The monoisotopic (exact) mass is 239 g/mol. The molecule has 16 heavy (non-hydrogen) atoms. The lowest BCUT2D eigenvalue weighted by molar-refractivity contribution is -0.147. The van der Waals surface area contributed by atoms with Crippen LogP contribution in [0.5, 0.6) is 0 Å². The van der Waals surface area contributed by atoms with Gasteiger partial charge < -0.3 is 10.1 Å². The van der Waals surface area contributed by atoms with E-state index in [0.717, 1.165) is 0 Å². The molecule has 1 N–H and O–H groups in total. The lowest BCUT2D eigenvalue weighted by Gasteiger charge is -2.07. The van der Waals surface area contributed by atoms with Gasteiger partial charge >= 0.3 is 5.97 Å². The van der Waals surface area contributed by atoms with Crippen LogP contribution in [0.2, 0.25) is 5.02 Å². The average molecular weight is 240 g/mol. The Bertz CT molecular complexity index is 459. The molecule has 1 heterocycles. The number of amides is 1. The molecule has 1 aliphatic rings. The number of benzene rings is 1. The molecule has 1 aromatic carbocycles. The van der Waals surface area contributed by atoms with E-state index in [-0.39, 0.29) is 12.5 Å². The van der Waals surface area contributed by atoms with E-state index in [9.17, 15) is 9.59 Å². The van der Waals surface area contributed by atoms with Crippen molar-refractivity contribution in [2.24, 2.45) is 0 Å². The number of hydrogen-bond donors (Lipinski definition) is 1. The average Bonchev–Trinajstić information content (AvgIpc) is 2.53. The molecule has 0 radical (unpaired) electrons. The summed E-state index contributed by atoms with van der Waals surface area (Å²) in [4.78, 5) is 23.2. The van der Waals surface area contributed by atoms with Gasteiger partial charge in [0.15, 0.2) is 5.92 Å². The lowest BCUT2D eigenvalue weighted by Crippen LogP contribution is -2.22. The molecular weight excluding hydrogens is 230 g/mol. The minimum Gasteiger partial charge on any atom is -0.465 e. The van der Waals surface area contributed by atoms with Gasteiger partial charge in [0, 0.05) is 10.7 Å². The Morgan fingerprint density at radius 3 is 3.00 bits per heavy atom. The molecule has 4 nitrogen and oxygen atoms in total. The number of hydrogen-bond acceptors (Lipinski definition) is 3. The van der Waals surface area contributed by atoms with Crippen LogP contribution in [0.1, 0.15) is 18.4 Å². The van der Waals surface area contributed by atoms with Gasteiger partial charge in [-0.25, -0.2) is 0 Å². The van der Waals surface area contributed by atoms with Crippen LogP contribution >= 0.6 is 11.6 Å². The molecule has 84 valence electrons. The first-order valence-electron chi connectivity index (χ1n) is 4.90. The summed E-state index contributed by atoms with van der Waals surface area (Å²) in [5, 5.41) is 3.12. The Morgan fingerprint density at radius 1 is 1.56 bits per heavy atom.